The van der Waals surface area contributed by atoms with Crippen molar-refractivity contribution in [2.24, 2.45) is 0 Å². The van der Waals surface area contributed by atoms with Crippen LogP contribution in [0.2, 0.25) is 0 Å². The van der Waals surface area contributed by atoms with Crippen LogP contribution in [0.1, 0.15) is 18.4 Å². The second kappa shape index (κ2) is 7.05. The van der Waals surface area contributed by atoms with Gasteiger partial charge in [-0.2, -0.15) is 0 Å². The predicted octanol–water partition coefficient (Wildman–Crippen LogP) is 1.43. The molecule has 0 N–H and O–H groups in total. The lowest BCUT2D eigenvalue weighted by Crippen LogP contribution is -2.50. The Hall–Kier alpha value is -1.39. The highest BCUT2D eigenvalue weighted by Gasteiger charge is 2.23. The maximum Gasteiger partial charge on any atom is 0.236 e. The average Bonchev–Trinajstić information content (AvgIpc) is 3.02. The Kier molecular flexibility index (Phi) is 4.88. The van der Waals surface area contributed by atoms with Gasteiger partial charge in [0.05, 0.1) is 6.54 Å². The number of piperazine rings is 1. The summed E-state index contributed by atoms with van der Waals surface area (Å²) >= 11 is 0. The first-order valence-electron chi connectivity index (χ1n) is 8.08. The van der Waals surface area contributed by atoms with Gasteiger partial charge in [0.25, 0.3) is 0 Å². The molecule has 2 aliphatic rings. The van der Waals surface area contributed by atoms with E-state index in [1.165, 1.54) is 18.4 Å². The van der Waals surface area contributed by atoms with Gasteiger partial charge in [0.2, 0.25) is 5.91 Å². The molecule has 3 rings (SSSR count). The Morgan fingerprint density at radius 1 is 0.857 bits per heavy atom. The van der Waals surface area contributed by atoms with Gasteiger partial charge < -0.3 is 4.90 Å². The van der Waals surface area contributed by atoms with Gasteiger partial charge in [0.1, 0.15) is 0 Å². The first kappa shape index (κ1) is 14.5. The van der Waals surface area contributed by atoms with Crippen molar-refractivity contribution in [3.8, 4) is 0 Å². The number of rotatable bonds is 4. The van der Waals surface area contributed by atoms with E-state index < -0.39 is 0 Å². The van der Waals surface area contributed by atoms with Crippen LogP contribution in [-0.4, -0.2) is 66.4 Å². The van der Waals surface area contributed by atoms with Gasteiger partial charge in [0.15, 0.2) is 0 Å². The fraction of sp³-hybridized carbons (Fsp3) is 0.588. The summed E-state index contributed by atoms with van der Waals surface area (Å²) in [5.74, 6) is 0.316. The summed E-state index contributed by atoms with van der Waals surface area (Å²) in [6.07, 6.45) is 2.50. The molecule has 0 radical (unpaired) electrons. The second-order valence-corrected chi connectivity index (χ2v) is 6.13. The van der Waals surface area contributed by atoms with E-state index in [1.807, 2.05) is 4.90 Å². The fourth-order valence-electron chi connectivity index (χ4n) is 3.23. The van der Waals surface area contributed by atoms with Crippen LogP contribution in [0.3, 0.4) is 0 Å². The van der Waals surface area contributed by atoms with Crippen molar-refractivity contribution in [2.75, 3.05) is 45.8 Å². The minimum Gasteiger partial charge on any atom is -0.339 e. The van der Waals surface area contributed by atoms with Crippen molar-refractivity contribution in [3.63, 3.8) is 0 Å². The van der Waals surface area contributed by atoms with Crippen LogP contribution in [0, 0.1) is 0 Å². The zero-order valence-electron chi connectivity index (χ0n) is 12.7. The highest BCUT2D eigenvalue weighted by molar-refractivity contribution is 5.78. The van der Waals surface area contributed by atoms with E-state index in [0.29, 0.717) is 12.5 Å². The standard InChI is InChI=1S/C17H25N3O/c21-17(15-18-8-4-5-9-18)20-12-10-19(11-13-20)14-16-6-2-1-3-7-16/h1-3,6-7H,4-5,8-15H2. The first-order chi connectivity index (χ1) is 10.3. The molecule has 0 unspecified atom stereocenters. The van der Waals surface area contributed by atoms with Crippen molar-refractivity contribution in [2.45, 2.75) is 19.4 Å². The predicted molar refractivity (Wildman–Crippen MR) is 84.0 cm³/mol. The van der Waals surface area contributed by atoms with E-state index in [-0.39, 0.29) is 0 Å². The van der Waals surface area contributed by atoms with E-state index >= 15 is 0 Å². The van der Waals surface area contributed by atoms with E-state index in [9.17, 15) is 4.79 Å². The zero-order valence-corrected chi connectivity index (χ0v) is 12.7. The lowest BCUT2D eigenvalue weighted by atomic mass is 10.2. The van der Waals surface area contributed by atoms with Crippen molar-refractivity contribution < 1.29 is 4.79 Å². The third-order valence-corrected chi connectivity index (χ3v) is 4.53. The topological polar surface area (TPSA) is 26.8 Å². The quantitative estimate of drug-likeness (QED) is 0.838. The molecular weight excluding hydrogens is 262 g/mol. The Balaban J connectivity index is 1.43. The number of hydrogen-bond donors (Lipinski definition) is 0. The molecule has 0 aliphatic carbocycles. The molecule has 0 saturated carbocycles. The van der Waals surface area contributed by atoms with E-state index in [0.717, 1.165) is 45.8 Å². The van der Waals surface area contributed by atoms with Crippen LogP contribution in [0.15, 0.2) is 30.3 Å². The molecule has 1 amide bonds. The summed E-state index contributed by atoms with van der Waals surface area (Å²) in [7, 11) is 0. The summed E-state index contributed by atoms with van der Waals surface area (Å²) < 4.78 is 0. The number of carbonyl (C=O) groups excluding carboxylic acids is 1. The molecule has 4 heteroatoms. The molecule has 0 atom stereocenters. The summed E-state index contributed by atoms with van der Waals surface area (Å²) in [5.41, 5.74) is 1.36. The third kappa shape index (κ3) is 4.05. The van der Waals surface area contributed by atoms with Crippen molar-refractivity contribution in [1.29, 1.82) is 0 Å². The number of nitrogens with zero attached hydrogens (tertiary/aromatic N) is 3. The minimum absolute atomic E-state index is 0.316. The van der Waals surface area contributed by atoms with Crippen LogP contribution in [0.5, 0.6) is 0 Å². The second-order valence-electron chi connectivity index (χ2n) is 6.13. The number of benzene rings is 1. The van der Waals surface area contributed by atoms with Crippen LogP contribution < -0.4 is 0 Å². The van der Waals surface area contributed by atoms with Gasteiger partial charge >= 0.3 is 0 Å². The number of hydrogen-bond acceptors (Lipinski definition) is 3. The Bertz CT molecular complexity index is 448. The first-order valence-corrected chi connectivity index (χ1v) is 8.08. The molecule has 0 bridgehead atoms. The zero-order chi connectivity index (χ0) is 14.5. The number of likely N-dealkylation sites (tertiary alicyclic amines) is 1. The summed E-state index contributed by atoms with van der Waals surface area (Å²) in [6, 6.07) is 10.6. The normalized spacial score (nSPS) is 20.9. The molecule has 114 valence electrons. The third-order valence-electron chi connectivity index (χ3n) is 4.53. The van der Waals surface area contributed by atoms with Gasteiger partial charge in [-0.25, -0.2) is 0 Å². The maximum atomic E-state index is 12.3. The molecule has 2 fully saturated rings. The summed E-state index contributed by atoms with van der Waals surface area (Å²) in [4.78, 5) is 19.1. The average molecular weight is 287 g/mol. The Morgan fingerprint density at radius 3 is 2.19 bits per heavy atom. The van der Waals surface area contributed by atoms with E-state index in [4.69, 9.17) is 0 Å². The van der Waals surface area contributed by atoms with Gasteiger partial charge in [-0.3, -0.25) is 14.6 Å². The highest BCUT2D eigenvalue weighted by atomic mass is 16.2. The van der Waals surface area contributed by atoms with Gasteiger partial charge in [0, 0.05) is 32.7 Å². The van der Waals surface area contributed by atoms with Crippen LogP contribution in [0.25, 0.3) is 0 Å². The number of amides is 1. The van der Waals surface area contributed by atoms with E-state index in [1.54, 1.807) is 0 Å². The van der Waals surface area contributed by atoms with E-state index in [2.05, 4.69) is 40.1 Å². The van der Waals surface area contributed by atoms with Gasteiger partial charge in [-0.15, -0.1) is 0 Å². The molecule has 21 heavy (non-hydrogen) atoms. The minimum atomic E-state index is 0.316. The van der Waals surface area contributed by atoms with Crippen molar-refractivity contribution in [1.82, 2.24) is 14.7 Å². The summed E-state index contributed by atoms with van der Waals surface area (Å²) in [6.45, 7) is 7.54. The largest absolute Gasteiger partial charge is 0.339 e. The molecule has 0 spiro atoms. The number of carbonyl (C=O) groups is 1. The van der Waals surface area contributed by atoms with Crippen LogP contribution >= 0.6 is 0 Å². The molecule has 2 heterocycles. The SMILES string of the molecule is O=C(CN1CCCC1)N1CCN(Cc2ccccc2)CC1. The Morgan fingerprint density at radius 2 is 1.52 bits per heavy atom. The molecule has 1 aromatic carbocycles. The molecule has 1 aromatic rings. The molecular formula is C17H25N3O. The van der Waals surface area contributed by atoms with Crippen LogP contribution in [0.4, 0.5) is 0 Å². The lowest BCUT2D eigenvalue weighted by molar-refractivity contribution is -0.134. The smallest absolute Gasteiger partial charge is 0.236 e. The lowest BCUT2D eigenvalue weighted by Gasteiger charge is -2.35. The fourth-order valence-corrected chi connectivity index (χ4v) is 3.23. The Labute approximate surface area is 127 Å². The summed E-state index contributed by atoms with van der Waals surface area (Å²) in [5, 5.41) is 0. The van der Waals surface area contributed by atoms with Gasteiger partial charge in [-0.05, 0) is 31.5 Å². The molecule has 0 aromatic heterocycles. The van der Waals surface area contributed by atoms with Gasteiger partial charge in [-0.1, -0.05) is 30.3 Å². The van der Waals surface area contributed by atoms with Crippen molar-refractivity contribution >= 4 is 5.91 Å². The monoisotopic (exact) mass is 287 g/mol. The highest BCUT2D eigenvalue weighted by Crippen LogP contribution is 2.11. The molecule has 2 aliphatic heterocycles. The molecule has 2 saturated heterocycles. The van der Waals surface area contributed by atoms with Crippen LogP contribution in [-0.2, 0) is 11.3 Å². The maximum absolute atomic E-state index is 12.3. The van der Waals surface area contributed by atoms with Crippen molar-refractivity contribution in [3.05, 3.63) is 35.9 Å². The molecule has 4 nitrogen and oxygen atoms in total.